The third-order valence-corrected chi connectivity index (χ3v) is 2.96. The molecule has 0 spiro atoms. The van der Waals surface area contributed by atoms with Crippen molar-refractivity contribution in [3.63, 3.8) is 0 Å². The van der Waals surface area contributed by atoms with Crippen LogP contribution in [0.3, 0.4) is 0 Å². The predicted octanol–water partition coefficient (Wildman–Crippen LogP) is 0.255. The van der Waals surface area contributed by atoms with Crippen LogP contribution in [0.25, 0.3) is 0 Å². The lowest BCUT2D eigenvalue weighted by Gasteiger charge is -2.21. The van der Waals surface area contributed by atoms with Gasteiger partial charge in [0.05, 0.1) is 12.5 Å². The molecule has 3 heteroatoms. The minimum Gasteiger partial charge on any atom is -0.469 e. The molecule has 0 saturated carbocycles. The van der Waals surface area contributed by atoms with Gasteiger partial charge in [-0.2, -0.15) is 0 Å². The van der Waals surface area contributed by atoms with Gasteiger partial charge in [-0.25, -0.2) is 0 Å². The Morgan fingerprint density at radius 1 is 1.45 bits per heavy atom. The molecule has 0 aliphatic carbocycles. The highest BCUT2D eigenvalue weighted by Crippen LogP contribution is 2.41. The third-order valence-electron chi connectivity index (χ3n) is 2.96. The zero-order valence-electron chi connectivity index (χ0n) is 6.80. The molecule has 0 aromatic carbocycles. The number of piperidine rings is 1. The molecular weight excluding hydrogens is 142 g/mol. The Labute approximate surface area is 66.3 Å². The van der Waals surface area contributed by atoms with Crippen molar-refractivity contribution < 1.29 is 9.53 Å². The lowest BCUT2D eigenvalue weighted by molar-refractivity contribution is -0.151. The van der Waals surface area contributed by atoms with Crippen molar-refractivity contribution in [3.8, 4) is 0 Å². The minimum atomic E-state index is -0.116. The molecule has 2 heterocycles. The van der Waals surface area contributed by atoms with E-state index in [0.717, 1.165) is 32.5 Å². The van der Waals surface area contributed by atoms with Crippen molar-refractivity contribution in [3.05, 3.63) is 0 Å². The van der Waals surface area contributed by atoms with Gasteiger partial charge in [0.15, 0.2) is 0 Å². The van der Waals surface area contributed by atoms with E-state index in [-0.39, 0.29) is 11.4 Å². The number of esters is 1. The van der Waals surface area contributed by atoms with Crippen LogP contribution >= 0.6 is 0 Å². The molecule has 2 aliphatic rings. The fraction of sp³-hybridized carbons (Fsp3) is 0.875. The van der Waals surface area contributed by atoms with E-state index in [1.807, 2.05) is 0 Å². The van der Waals surface area contributed by atoms with Crippen molar-refractivity contribution in [2.75, 3.05) is 26.7 Å². The summed E-state index contributed by atoms with van der Waals surface area (Å²) in [5.74, 6) is -0.00231. The van der Waals surface area contributed by atoms with Crippen molar-refractivity contribution in [1.29, 1.82) is 0 Å². The molecule has 0 N–H and O–H groups in total. The van der Waals surface area contributed by atoms with Crippen molar-refractivity contribution in [2.45, 2.75) is 12.8 Å². The van der Waals surface area contributed by atoms with Gasteiger partial charge in [-0.15, -0.1) is 0 Å². The second kappa shape index (κ2) is 2.21. The quantitative estimate of drug-likeness (QED) is 0.508. The Balaban J connectivity index is 2.16. The smallest absolute Gasteiger partial charge is 0.313 e. The molecule has 2 rings (SSSR count). The first-order valence-electron chi connectivity index (χ1n) is 4.08. The summed E-state index contributed by atoms with van der Waals surface area (Å²) in [6.07, 6.45) is 2.00. The maximum Gasteiger partial charge on any atom is 0.313 e. The van der Waals surface area contributed by atoms with Crippen LogP contribution in [0.15, 0.2) is 0 Å². The Morgan fingerprint density at radius 3 is 2.45 bits per heavy atom. The monoisotopic (exact) mass is 155 g/mol. The van der Waals surface area contributed by atoms with Crippen LogP contribution in [0.1, 0.15) is 12.8 Å². The van der Waals surface area contributed by atoms with Crippen LogP contribution in [0.4, 0.5) is 0 Å². The molecule has 0 amide bonds. The average molecular weight is 155 g/mol. The molecule has 2 fully saturated rings. The van der Waals surface area contributed by atoms with Crippen LogP contribution in [0.5, 0.6) is 0 Å². The number of methoxy groups -OCH3 is 1. The summed E-state index contributed by atoms with van der Waals surface area (Å²) in [5.41, 5.74) is -0.116. The van der Waals surface area contributed by atoms with Gasteiger partial charge >= 0.3 is 5.97 Å². The van der Waals surface area contributed by atoms with E-state index in [9.17, 15) is 4.79 Å². The number of hydrogen-bond donors (Lipinski definition) is 0. The second-order valence-corrected chi connectivity index (χ2v) is 3.55. The SMILES string of the molecule is COC(=O)C12CCN(CC1)C2. The Morgan fingerprint density at radius 2 is 2.09 bits per heavy atom. The van der Waals surface area contributed by atoms with E-state index in [0.29, 0.717) is 0 Å². The van der Waals surface area contributed by atoms with Gasteiger partial charge in [-0.3, -0.25) is 4.79 Å². The first kappa shape index (κ1) is 7.10. The second-order valence-electron chi connectivity index (χ2n) is 3.55. The molecule has 2 aliphatic heterocycles. The van der Waals surface area contributed by atoms with Crippen molar-refractivity contribution >= 4 is 5.97 Å². The molecule has 2 saturated heterocycles. The normalized spacial score (nSPS) is 41.0. The molecule has 2 bridgehead atoms. The summed E-state index contributed by atoms with van der Waals surface area (Å²) >= 11 is 0. The number of rotatable bonds is 1. The fourth-order valence-corrected chi connectivity index (χ4v) is 2.21. The molecule has 0 aromatic rings. The van der Waals surface area contributed by atoms with E-state index in [4.69, 9.17) is 4.74 Å². The zero-order valence-corrected chi connectivity index (χ0v) is 6.80. The van der Waals surface area contributed by atoms with Gasteiger partial charge in [0.1, 0.15) is 0 Å². The number of carbonyl (C=O) groups excluding carboxylic acids is 1. The Hall–Kier alpha value is -0.570. The summed E-state index contributed by atoms with van der Waals surface area (Å²) in [7, 11) is 1.48. The van der Waals surface area contributed by atoms with E-state index >= 15 is 0 Å². The van der Waals surface area contributed by atoms with Gasteiger partial charge < -0.3 is 9.64 Å². The lowest BCUT2D eigenvalue weighted by Crippen LogP contribution is -2.30. The lowest BCUT2D eigenvalue weighted by atomic mass is 9.85. The van der Waals surface area contributed by atoms with Crippen molar-refractivity contribution in [1.82, 2.24) is 4.90 Å². The molecular formula is C8H13NO2. The largest absolute Gasteiger partial charge is 0.469 e. The molecule has 0 aromatic heterocycles. The minimum absolute atomic E-state index is 0.00231. The highest BCUT2D eigenvalue weighted by atomic mass is 16.5. The molecule has 0 radical (unpaired) electrons. The summed E-state index contributed by atoms with van der Waals surface area (Å²) in [6, 6.07) is 0. The van der Waals surface area contributed by atoms with E-state index in [1.165, 1.54) is 7.11 Å². The van der Waals surface area contributed by atoms with Crippen LogP contribution in [-0.2, 0) is 9.53 Å². The fourth-order valence-electron chi connectivity index (χ4n) is 2.21. The third kappa shape index (κ3) is 0.872. The maximum absolute atomic E-state index is 11.3. The molecule has 62 valence electrons. The van der Waals surface area contributed by atoms with Crippen LogP contribution in [0.2, 0.25) is 0 Å². The molecule has 3 nitrogen and oxygen atoms in total. The number of ether oxygens (including phenoxy) is 1. The summed E-state index contributed by atoms with van der Waals surface area (Å²) < 4.78 is 4.79. The highest BCUT2D eigenvalue weighted by Gasteiger charge is 2.49. The van der Waals surface area contributed by atoms with Crippen LogP contribution in [-0.4, -0.2) is 37.6 Å². The van der Waals surface area contributed by atoms with Crippen LogP contribution in [0, 0.1) is 5.41 Å². The maximum atomic E-state index is 11.3. The van der Waals surface area contributed by atoms with Gasteiger partial charge in [0, 0.05) is 6.54 Å². The van der Waals surface area contributed by atoms with E-state index < -0.39 is 0 Å². The van der Waals surface area contributed by atoms with E-state index in [2.05, 4.69) is 4.90 Å². The predicted molar refractivity (Wildman–Crippen MR) is 40.1 cm³/mol. The number of carbonyl (C=O) groups is 1. The summed E-state index contributed by atoms with van der Waals surface area (Å²) in [5, 5.41) is 0. The number of nitrogens with zero attached hydrogens (tertiary/aromatic N) is 1. The standard InChI is InChI=1S/C8H13NO2/c1-11-7(10)8-2-4-9(6-8)5-3-8/h2-6H2,1H3. The van der Waals surface area contributed by atoms with Crippen LogP contribution < -0.4 is 0 Å². The first-order valence-corrected chi connectivity index (χ1v) is 4.08. The number of fused-ring (bicyclic) bond motifs is 2. The Bertz CT molecular complexity index is 183. The summed E-state index contributed by atoms with van der Waals surface area (Å²) in [6.45, 7) is 3.09. The topological polar surface area (TPSA) is 29.5 Å². The average Bonchev–Trinajstić information content (AvgIpc) is 2.62. The first-order chi connectivity index (χ1) is 5.27. The van der Waals surface area contributed by atoms with E-state index in [1.54, 1.807) is 0 Å². The zero-order chi connectivity index (χ0) is 7.90. The van der Waals surface area contributed by atoms with Gasteiger partial charge in [-0.05, 0) is 25.9 Å². The highest BCUT2D eigenvalue weighted by molar-refractivity contribution is 5.78. The molecule has 11 heavy (non-hydrogen) atoms. The Kier molecular flexibility index (Phi) is 1.42. The summed E-state index contributed by atoms with van der Waals surface area (Å²) in [4.78, 5) is 13.7. The van der Waals surface area contributed by atoms with Crippen molar-refractivity contribution in [2.24, 2.45) is 5.41 Å². The van der Waals surface area contributed by atoms with Gasteiger partial charge in [-0.1, -0.05) is 0 Å². The van der Waals surface area contributed by atoms with Gasteiger partial charge in [0.25, 0.3) is 0 Å². The van der Waals surface area contributed by atoms with Gasteiger partial charge in [0.2, 0.25) is 0 Å². The molecule has 0 atom stereocenters. The number of hydrogen-bond acceptors (Lipinski definition) is 3. The molecule has 0 unspecified atom stereocenters.